The highest BCUT2D eigenvalue weighted by Crippen LogP contribution is 2.24. The first-order valence-corrected chi connectivity index (χ1v) is 6.36. The lowest BCUT2D eigenvalue weighted by Crippen LogP contribution is -2.10. The minimum atomic E-state index is -3.02. The summed E-state index contributed by atoms with van der Waals surface area (Å²) in [5.41, 5.74) is 0.438. The van der Waals surface area contributed by atoms with Crippen molar-refractivity contribution >= 4 is 17.4 Å². The van der Waals surface area contributed by atoms with E-state index in [0.29, 0.717) is 5.56 Å². The Morgan fingerprint density at radius 2 is 1.90 bits per heavy atom. The highest BCUT2D eigenvalue weighted by molar-refractivity contribution is 6.31. The van der Waals surface area contributed by atoms with Crippen LogP contribution in [0.3, 0.4) is 0 Å². The normalized spacial score (nSPS) is 10.7. The Morgan fingerprint density at radius 1 is 1.19 bits per heavy atom. The topological polar surface area (TPSA) is 26.3 Å². The minimum absolute atomic E-state index is 0.0261. The first-order valence-electron chi connectivity index (χ1n) is 5.98. The number of halogens is 4. The maximum atomic E-state index is 12.9. The SMILES string of the molecule is O=C(Cc1ccc(F)cc1Cl)c1ccccc1OC(F)F. The third-order valence-electron chi connectivity index (χ3n) is 2.77. The molecule has 0 spiro atoms. The number of carbonyl (C=O) groups is 1. The number of rotatable bonds is 5. The van der Waals surface area contributed by atoms with Gasteiger partial charge in [0.15, 0.2) is 5.78 Å². The fourth-order valence-corrected chi connectivity index (χ4v) is 2.06. The summed E-state index contributed by atoms with van der Waals surface area (Å²) in [5, 5.41) is 0.107. The molecule has 0 fully saturated rings. The van der Waals surface area contributed by atoms with Crippen molar-refractivity contribution < 1.29 is 22.7 Å². The lowest BCUT2D eigenvalue weighted by atomic mass is 10.0. The van der Waals surface area contributed by atoms with Gasteiger partial charge in [0.25, 0.3) is 0 Å². The summed E-state index contributed by atoms with van der Waals surface area (Å²) in [5.74, 6) is -1.16. The molecule has 2 aromatic carbocycles. The van der Waals surface area contributed by atoms with Crippen LogP contribution in [-0.2, 0) is 6.42 Å². The summed E-state index contributed by atoms with van der Waals surface area (Å²) in [7, 11) is 0. The van der Waals surface area contributed by atoms with Gasteiger partial charge in [-0.25, -0.2) is 4.39 Å². The number of hydrogen-bond acceptors (Lipinski definition) is 2. The third-order valence-corrected chi connectivity index (χ3v) is 3.12. The van der Waals surface area contributed by atoms with Gasteiger partial charge in [-0.3, -0.25) is 4.79 Å². The van der Waals surface area contributed by atoms with E-state index in [1.807, 2.05) is 0 Å². The summed E-state index contributed by atoms with van der Waals surface area (Å²) < 4.78 is 41.9. The van der Waals surface area contributed by atoms with Crippen LogP contribution in [0, 0.1) is 5.82 Å². The molecule has 0 N–H and O–H groups in total. The number of carbonyl (C=O) groups excluding carboxylic acids is 1. The second-order valence-electron chi connectivity index (χ2n) is 4.21. The van der Waals surface area contributed by atoms with Crippen molar-refractivity contribution in [3.63, 3.8) is 0 Å². The van der Waals surface area contributed by atoms with Gasteiger partial charge >= 0.3 is 6.61 Å². The Morgan fingerprint density at radius 3 is 2.57 bits per heavy atom. The fraction of sp³-hybridized carbons (Fsp3) is 0.133. The molecule has 0 aliphatic heterocycles. The lowest BCUT2D eigenvalue weighted by Gasteiger charge is -2.10. The predicted octanol–water partition coefficient (Wildman–Crippen LogP) is 4.51. The molecule has 21 heavy (non-hydrogen) atoms. The van der Waals surface area contributed by atoms with Crippen LogP contribution in [0.25, 0.3) is 0 Å². The van der Waals surface area contributed by atoms with Crippen molar-refractivity contribution in [1.82, 2.24) is 0 Å². The van der Waals surface area contributed by atoms with Crippen LogP contribution in [0.5, 0.6) is 5.75 Å². The largest absolute Gasteiger partial charge is 0.434 e. The van der Waals surface area contributed by atoms with Crippen LogP contribution in [-0.4, -0.2) is 12.4 Å². The van der Waals surface area contributed by atoms with Gasteiger partial charge < -0.3 is 4.74 Å². The molecule has 2 aromatic rings. The monoisotopic (exact) mass is 314 g/mol. The number of alkyl halides is 2. The summed E-state index contributed by atoms with van der Waals surface area (Å²) >= 11 is 5.84. The van der Waals surface area contributed by atoms with E-state index >= 15 is 0 Å². The second-order valence-corrected chi connectivity index (χ2v) is 4.62. The molecule has 2 rings (SSSR count). The first-order chi connectivity index (χ1) is 9.97. The number of ketones is 1. The van der Waals surface area contributed by atoms with Crippen LogP contribution in [0.4, 0.5) is 13.2 Å². The van der Waals surface area contributed by atoms with E-state index in [2.05, 4.69) is 4.74 Å². The Hall–Kier alpha value is -2.01. The van der Waals surface area contributed by atoms with E-state index in [0.717, 1.165) is 6.07 Å². The van der Waals surface area contributed by atoms with Crippen LogP contribution >= 0.6 is 11.6 Å². The van der Waals surface area contributed by atoms with Crippen molar-refractivity contribution in [3.8, 4) is 5.75 Å². The van der Waals surface area contributed by atoms with Gasteiger partial charge in [0.1, 0.15) is 11.6 Å². The average Bonchev–Trinajstić information content (AvgIpc) is 2.42. The van der Waals surface area contributed by atoms with Gasteiger partial charge in [-0.05, 0) is 29.8 Å². The van der Waals surface area contributed by atoms with Gasteiger partial charge in [0, 0.05) is 11.4 Å². The van der Waals surface area contributed by atoms with Crippen molar-refractivity contribution in [3.05, 3.63) is 64.4 Å². The Bertz CT molecular complexity index is 659. The highest BCUT2D eigenvalue weighted by atomic mass is 35.5. The molecular weight excluding hydrogens is 305 g/mol. The average molecular weight is 315 g/mol. The zero-order valence-electron chi connectivity index (χ0n) is 10.7. The molecule has 6 heteroatoms. The number of ether oxygens (including phenoxy) is 1. The number of benzene rings is 2. The van der Waals surface area contributed by atoms with Crippen molar-refractivity contribution in [1.29, 1.82) is 0 Å². The van der Waals surface area contributed by atoms with Crippen molar-refractivity contribution in [2.75, 3.05) is 0 Å². The molecule has 0 bridgehead atoms. The molecule has 0 aliphatic rings. The zero-order valence-corrected chi connectivity index (χ0v) is 11.4. The van der Waals surface area contributed by atoms with E-state index in [1.54, 1.807) is 0 Å². The Balaban J connectivity index is 2.24. The fourth-order valence-electron chi connectivity index (χ4n) is 1.83. The number of hydrogen-bond donors (Lipinski definition) is 0. The molecule has 0 unspecified atom stereocenters. The standard InChI is InChI=1S/C15H10ClF3O2/c16-12-8-10(17)6-5-9(12)7-13(20)11-3-1-2-4-14(11)21-15(18)19/h1-6,8,15H,7H2. The third kappa shape index (κ3) is 3.98. The molecule has 2 nitrogen and oxygen atoms in total. The van der Waals surface area contributed by atoms with Crippen LogP contribution in [0.1, 0.15) is 15.9 Å². The smallest absolute Gasteiger partial charge is 0.387 e. The first kappa shape index (κ1) is 15.4. The molecule has 0 radical (unpaired) electrons. The molecule has 0 saturated heterocycles. The summed E-state index contributed by atoms with van der Waals surface area (Å²) in [6.45, 7) is -3.02. The summed E-state index contributed by atoms with van der Waals surface area (Å²) in [4.78, 5) is 12.2. The van der Waals surface area contributed by atoms with Crippen molar-refractivity contribution in [2.45, 2.75) is 13.0 Å². The lowest BCUT2D eigenvalue weighted by molar-refractivity contribution is -0.0501. The highest BCUT2D eigenvalue weighted by Gasteiger charge is 2.16. The number of Topliss-reactive ketones (excluding diaryl/α,β-unsaturated/α-hetero) is 1. The predicted molar refractivity (Wildman–Crippen MR) is 72.5 cm³/mol. The van der Waals surface area contributed by atoms with E-state index in [-0.39, 0.29) is 22.8 Å². The molecule has 0 aromatic heterocycles. The summed E-state index contributed by atoms with van der Waals surface area (Å²) in [6.07, 6.45) is -0.136. The van der Waals surface area contributed by atoms with E-state index in [4.69, 9.17) is 11.6 Å². The zero-order chi connectivity index (χ0) is 15.4. The Labute approximate surface area is 124 Å². The quantitative estimate of drug-likeness (QED) is 0.759. The van der Waals surface area contributed by atoms with Gasteiger partial charge in [-0.1, -0.05) is 29.8 Å². The molecule has 110 valence electrons. The maximum Gasteiger partial charge on any atom is 0.387 e. The maximum absolute atomic E-state index is 12.9. The van der Waals surface area contributed by atoms with Gasteiger partial charge in [0.05, 0.1) is 5.56 Å². The molecule has 0 saturated carbocycles. The molecule has 0 atom stereocenters. The van der Waals surface area contributed by atoms with E-state index in [9.17, 15) is 18.0 Å². The van der Waals surface area contributed by atoms with Gasteiger partial charge in [-0.15, -0.1) is 0 Å². The second kappa shape index (κ2) is 6.63. The van der Waals surface area contributed by atoms with E-state index in [1.165, 1.54) is 36.4 Å². The van der Waals surface area contributed by atoms with Crippen molar-refractivity contribution in [2.24, 2.45) is 0 Å². The molecule has 0 amide bonds. The van der Waals surface area contributed by atoms with Crippen LogP contribution in [0.2, 0.25) is 5.02 Å². The molecular formula is C15H10ClF3O2. The number of para-hydroxylation sites is 1. The van der Waals surface area contributed by atoms with E-state index < -0.39 is 18.2 Å². The Kier molecular flexibility index (Phi) is 4.85. The molecule has 0 heterocycles. The van der Waals surface area contributed by atoms with Gasteiger partial charge in [0.2, 0.25) is 0 Å². The minimum Gasteiger partial charge on any atom is -0.434 e. The van der Waals surface area contributed by atoms with Gasteiger partial charge in [-0.2, -0.15) is 8.78 Å². The molecule has 0 aliphatic carbocycles. The van der Waals surface area contributed by atoms with Crippen LogP contribution < -0.4 is 4.74 Å². The summed E-state index contributed by atoms with van der Waals surface area (Å²) in [6, 6.07) is 9.34. The van der Waals surface area contributed by atoms with Crippen LogP contribution in [0.15, 0.2) is 42.5 Å².